The number of hydrogen-bond acceptors (Lipinski definition) is 4. The third kappa shape index (κ3) is 3.68. The van der Waals surface area contributed by atoms with Gasteiger partial charge in [0.1, 0.15) is 0 Å². The molecule has 0 aromatic carbocycles. The van der Waals surface area contributed by atoms with E-state index in [1.54, 1.807) is 31.6 Å². The van der Waals surface area contributed by atoms with Crippen molar-refractivity contribution in [2.24, 2.45) is 0 Å². The summed E-state index contributed by atoms with van der Waals surface area (Å²) in [7, 11) is 1.54. The lowest BCUT2D eigenvalue weighted by Gasteiger charge is -2.14. The number of ether oxygens (including phenoxy) is 1. The molecule has 2 heterocycles. The molecule has 0 radical (unpaired) electrons. The molecule has 2 aromatic heterocycles. The highest BCUT2D eigenvalue weighted by atomic mass is 16.5. The molecule has 0 spiro atoms. The summed E-state index contributed by atoms with van der Waals surface area (Å²) in [5.74, 6) is 0.501. The van der Waals surface area contributed by atoms with Gasteiger partial charge < -0.3 is 15.4 Å². The third-order valence-corrected chi connectivity index (χ3v) is 2.76. The van der Waals surface area contributed by atoms with Crippen molar-refractivity contribution in [1.82, 2.24) is 15.3 Å². The summed E-state index contributed by atoms with van der Waals surface area (Å²) >= 11 is 0. The molecule has 0 aliphatic rings. The Bertz CT molecular complexity index is 557. The SMILES string of the molecule is COc1ccc(NC(=O)N[C@@H](C)c2ccncc2)cn1. The van der Waals surface area contributed by atoms with Crippen LogP contribution in [-0.2, 0) is 0 Å². The van der Waals surface area contributed by atoms with E-state index in [4.69, 9.17) is 4.74 Å². The van der Waals surface area contributed by atoms with Crippen molar-refractivity contribution in [3.8, 4) is 5.88 Å². The maximum Gasteiger partial charge on any atom is 0.319 e. The van der Waals surface area contributed by atoms with Crippen molar-refractivity contribution in [1.29, 1.82) is 0 Å². The molecular formula is C14H16N4O2. The summed E-state index contributed by atoms with van der Waals surface area (Å²) in [6, 6.07) is 6.73. The van der Waals surface area contributed by atoms with E-state index in [2.05, 4.69) is 20.6 Å². The minimum atomic E-state index is -0.290. The molecule has 0 saturated heterocycles. The van der Waals surface area contributed by atoms with Crippen molar-refractivity contribution >= 4 is 11.7 Å². The Morgan fingerprint density at radius 3 is 2.60 bits per heavy atom. The lowest BCUT2D eigenvalue weighted by molar-refractivity contribution is 0.249. The van der Waals surface area contributed by atoms with E-state index in [9.17, 15) is 4.79 Å². The average Bonchev–Trinajstić information content (AvgIpc) is 2.49. The highest BCUT2D eigenvalue weighted by molar-refractivity contribution is 5.89. The fourth-order valence-corrected chi connectivity index (χ4v) is 1.67. The largest absolute Gasteiger partial charge is 0.481 e. The Hall–Kier alpha value is -2.63. The molecule has 0 aliphatic heterocycles. The third-order valence-electron chi connectivity index (χ3n) is 2.76. The number of rotatable bonds is 4. The lowest BCUT2D eigenvalue weighted by atomic mass is 10.1. The number of methoxy groups -OCH3 is 1. The van der Waals surface area contributed by atoms with Gasteiger partial charge in [0.2, 0.25) is 5.88 Å². The first-order valence-corrected chi connectivity index (χ1v) is 6.16. The van der Waals surface area contributed by atoms with E-state index in [0.29, 0.717) is 11.6 Å². The van der Waals surface area contributed by atoms with Gasteiger partial charge in [0.15, 0.2) is 0 Å². The number of carbonyl (C=O) groups excluding carboxylic acids is 1. The first-order chi connectivity index (χ1) is 9.69. The number of nitrogens with one attached hydrogen (secondary N) is 2. The fraction of sp³-hybridized carbons (Fsp3) is 0.214. The molecule has 2 rings (SSSR count). The van der Waals surface area contributed by atoms with Gasteiger partial charge in [-0.15, -0.1) is 0 Å². The van der Waals surface area contributed by atoms with E-state index in [0.717, 1.165) is 5.56 Å². The number of anilines is 1. The molecule has 6 nitrogen and oxygen atoms in total. The maximum atomic E-state index is 11.9. The van der Waals surface area contributed by atoms with E-state index in [-0.39, 0.29) is 12.1 Å². The predicted octanol–water partition coefficient (Wildman–Crippen LogP) is 2.37. The quantitative estimate of drug-likeness (QED) is 0.895. The number of urea groups is 1. The number of hydrogen-bond donors (Lipinski definition) is 2. The molecule has 6 heteroatoms. The maximum absolute atomic E-state index is 11.9. The zero-order chi connectivity index (χ0) is 14.4. The second kappa shape index (κ2) is 6.51. The number of aromatic nitrogens is 2. The highest BCUT2D eigenvalue weighted by Gasteiger charge is 2.09. The molecular weight excluding hydrogens is 256 g/mol. The van der Waals surface area contributed by atoms with E-state index in [1.807, 2.05) is 19.1 Å². The van der Waals surface area contributed by atoms with Crippen LogP contribution >= 0.6 is 0 Å². The van der Waals surface area contributed by atoms with Crippen LogP contribution in [0.3, 0.4) is 0 Å². The highest BCUT2D eigenvalue weighted by Crippen LogP contribution is 2.13. The second-order valence-electron chi connectivity index (χ2n) is 4.19. The Balaban J connectivity index is 1.91. The van der Waals surface area contributed by atoms with Crippen molar-refractivity contribution in [2.45, 2.75) is 13.0 Å². The van der Waals surface area contributed by atoms with Crippen LogP contribution in [0, 0.1) is 0 Å². The van der Waals surface area contributed by atoms with Crippen molar-refractivity contribution in [3.05, 3.63) is 48.4 Å². The van der Waals surface area contributed by atoms with E-state index < -0.39 is 0 Å². The molecule has 104 valence electrons. The molecule has 0 bridgehead atoms. The fourth-order valence-electron chi connectivity index (χ4n) is 1.67. The predicted molar refractivity (Wildman–Crippen MR) is 75.6 cm³/mol. The minimum absolute atomic E-state index is 0.107. The molecule has 0 unspecified atom stereocenters. The van der Waals surface area contributed by atoms with E-state index in [1.165, 1.54) is 6.20 Å². The number of carbonyl (C=O) groups is 1. The molecule has 0 saturated carbocycles. The molecule has 2 amide bonds. The van der Waals surface area contributed by atoms with Gasteiger partial charge >= 0.3 is 6.03 Å². The topological polar surface area (TPSA) is 76.1 Å². The van der Waals surface area contributed by atoms with Gasteiger partial charge in [-0.2, -0.15) is 0 Å². The van der Waals surface area contributed by atoms with Gasteiger partial charge in [0.05, 0.1) is 25.0 Å². The van der Waals surface area contributed by atoms with Crippen LogP contribution < -0.4 is 15.4 Å². The molecule has 0 aliphatic carbocycles. The number of amides is 2. The number of pyridine rings is 2. The first kappa shape index (κ1) is 13.8. The van der Waals surface area contributed by atoms with Gasteiger partial charge in [-0.05, 0) is 30.7 Å². The van der Waals surface area contributed by atoms with Crippen LogP contribution in [0.2, 0.25) is 0 Å². The Morgan fingerprint density at radius 1 is 1.25 bits per heavy atom. The molecule has 2 N–H and O–H groups in total. The van der Waals surface area contributed by atoms with Gasteiger partial charge in [-0.25, -0.2) is 9.78 Å². The first-order valence-electron chi connectivity index (χ1n) is 6.16. The zero-order valence-electron chi connectivity index (χ0n) is 11.3. The summed E-state index contributed by atoms with van der Waals surface area (Å²) < 4.78 is 4.95. The summed E-state index contributed by atoms with van der Waals surface area (Å²) in [6.45, 7) is 1.90. The number of nitrogens with zero attached hydrogens (tertiary/aromatic N) is 2. The Labute approximate surface area is 117 Å². The Kier molecular flexibility index (Phi) is 4.49. The summed E-state index contributed by atoms with van der Waals surface area (Å²) in [5.41, 5.74) is 1.59. The molecule has 1 atom stereocenters. The van der Waals surface area contributed by atoms with Crippen molar-refractivity contribution in [3.63, 3.8) is 0 Å². The van der Waals surface area contributed by atoms with Crippen LogP contribution in [0.15, 0.2) is 42.9 Å². The van der Waals surface area contributed by atoms with Crippen LogP contribution in [0.4, 0.5) is 10.5 Å². The van der Waals surface area contributed by atoms with Crippen molar-refractivity contribution < 1.29 is 9.53 Å². The van der Waals surface area contributed by atoms with Crippen LogP contribution in [0.5, 0.6) is 5.88 Å². The zero-order valence-corrected chi connectivity index (χ0v) is 11.3. The van der Waals surface area contributed by atoms with E-state index >= 15 is 0 Å². The van der Waals surface area contributed by atoms with Crippen molar-refractivity contribution in [2.75, 3.05) is 12.4 Å². The average molecular weight is 272 g/mol. The monoisotopic (exact) mass is 272 g/mol. The molecule has 0 fully saturated rings. The molecule has 2 aromatic rings. The van der Waals surface area contributed by atoms with Gasteiger partial charge in [0.25, 0.3) is 0 Å². The Morgan fingerprint density at radius 2 is 2.00 bits per heavy atom. The van der Waals surface area contributed by atoms with Crippen LogP contribution in [0.1, 0.15) is 18.5 Å². The van der Waals surface area contributed by atoms with Crippen LogP contribution in [-0.4, -0.2) is 23.1 Å². The smallest absolute Gasteiger partial charge is 0.319 e. The molecule has 20 heavy (non-hydrogen) atoms. The second-order valence-corrected chi connectivity index (χ2v) is 4.19. The van der Waals surface area contributed by atoms with Crippen LogP contribution in [0.25, 0.3) is 0 Å². The summed E-state index contributed by atoms with van der Waals surface area (Å²) in [6.07, 6.45) is 4.92. The standard InChI is InChI=1S/C14H16N4O2/c1-10(11-5-7-15-8-6-11)17-14(19)18-12-3-4-13(20-2)16-9-12/h3-10H,1-2H3,(H2,17,18,19)/t10-/m0/s1. The van der Waals surface area contributed by atoms with Gasteiger partial charge in [-0.1, -0.05) is 0 Å². The minimum Gasteiger partial charge on any atom is -0.481 e. The van der Waals surface area contributed by atoms with Gasteiger partial charge in [-0.3, -0.25) is 4.98 Å². The summed E-state index contributed by atoms with van der Waals surface area (Å²) in [5, 5.41) is 5.55. The lowest BCUT2D eigenvalue weighted by Crippen LogP contribution is -2.31. The van der Waals surface area contributed by atoms with Gasteiger partial charge in [0, 0.05) is 18.5 Å². The normalized spacial score (nSPS) is 11.5. The summed E-state index contributed by atoms with van der Waals surface area (Å²) in [4.78, 5) is 19.8.